The van der Waals surface area contributed by atoms with Gasteiger partial charge in [-0.2, -0.15) is 0 Å². The Morgan fingerprint density at radius 1 is 0.950 bits per heavy atom. The number of carbonyl (C=O) groups is 2. The van der Waals surface area contributed by atoms with Crippen LogP contribution in [0.3, 0.4) is 0 Å². The summed E-state index contributed by atoms with van der Waals surface area (Å²) < 4.78 is 29.8. The second kappa shape index (κ2) is 13.5. The molecular formula is C31H36BrN3O4S. The number of nitrogens with zero attached hydrogens (tertiary/aromatic N) is 2. The van der Waals surface area contributed by atoms with Crippen LogP contribution in [0.15, 0.2) is 88.2 Å². The fraction of sp³-hybridized carbons (Fsp3) is 0.355. The first kappa shape index (κ1) is 29.8. The Bertz CT molecular complexity index is 1430. The van der Waals surface area contributed by atoms with Gasteiger partial charge in [-0.05, 0) is 68.1 Å². The van der Waals surface area contributed by atoms with Crippen molar-refractivity contribution in [3.63, 3.8) is 0 Å². The molecule has 3 aromatic rings. The van der Waals surface area contributed by atoms with Crippen LogP contribution >= 0.6 is 15.9 Å². The summed E-state index contributed by atoms with van der Waals surface area (Å²) in [6.07, 6.45) is 5.16. The molecule has 0 aromatic heterocycles. The van der Waals surface area contributed by atoms with Gasteiger partial charge in [-0.3, -0.25) is 13.9 Å². The lowest BCUT2D eigenvalue weighted by atomic mass is 9.95. The van der Waals surface area contributed by atoms with Gasteiger partial charge in [0.25, 0.3) is 10.0 Å². The predicted octanol–water partition coefficient (Wildman–Crippen LogP) is 5.82. The number of hydrogen-bond donors (Lipinski definition) is 1. The third-order valence-corrected chi connectivity index (χ3v) is 9.62. The Morgan fingerprint density at radius 3 is 2.30 bits per heavy atom. The average molecular weight is 627 g/mol. The van der Waals surface area contributed by atoms with E-state index in [0.717, 1.165) is 45.6 Å². The minimum Gasteiger partial charge on any atom is -0.352 e. The first-order valence-corrected chi connectivity index (χ1v) is 15.9. The molecule has 1 aliphatic carbocycles. The van der Waals surface area contributed by atoms with Crippen LogP contribution in [0.1, 0.15) is 50.2 Å². The molecule has 0 aliphatic heterocycles. The van der Waals surface area contributed by atoms with Gasteiger partial charge in [0.2, 0.25) is 11.8 Å². The van der Waals surface area contributed by atoms with E-state index in [0.29, 0.717) is 5.69 Å². The molecule has 0 unspecified atom stereocenters. The summed E-state index contributed by atoms with van der Waals surface area (Å²) in [6.45, 7) is 3.23. The maximum Gasteiger partial charge on any atom is 0.264 e. The largest absolute Gasteiger partial charge is 0.352 e. The summed E-state index contributed by atoms with van der Waals surface area (Å²) in [5.41, 5.74) is 1.96. The van der Waals surface area contributed by atoms with Crippen LogP contribution < -0.4 is 9.62 Å². The highest BCUT2D eigenvalue weighted by Crippen LogP contribution is 2.27. The fourth-order valence-corrected chi connectivity index (χ4v) is 7.01. The zero-order valence-corrected chi connectivity index (χ0v) is 25.3. The summed E-state index contributed by atoms with van der Waals surface area (Å²) >= 11 is 3.48. The molecule has 4 rings (SSSR count). The Hall–Kier alpha value is -3.17. The summed E-state index contributed by atoms with van der Waals surface area (Å²) in [4.78, 5) is 29.0. The lowest BCUT2D eigenvalue weighted by molar-refractivity contribution is -0.139. The Balaban J connectivity index is 1.68. The Kier molecular flexibility index (Phi) is 10.0. The summed E-state index contributed by atoms with van der Waals surface area (Å²) in [6, 6.07) is 22.0. The number of aryl methyl sites for hydroxylation is 1. The van der Waals surface area contributed by atoms with E-state index in [1.165, 1.54) is 23.5 Å². The highest BCUT2D eigenvalue weighted by Gasteiger charge is 2.33. The molecule has 3 aromatic carbocycles. The van der Waals surface area contributed by atoms with Gasteiger partial charge in [-0.25, -0.2) is 8.42 Å². The van der Waals surface area contributed by atoms with Gasteiger partial charge in [-0.15, -0.1) is 0 Å². The second-order valence-electron chi connectivity index (χ2n) is 10.3. The number of sulfonamides is 1. The van der Waals surface area contributed by atoms with E-state index in [-0.39, 0.29) is 23.4 Å². The van der Waals surface area contributed by atoms with Gasteiger partial charge in [0, 0.05) is 17.1 Å². The quantitative estimate of drug-likeness (QED) is 0.308. The molecule has 40 heavy (non-hydrogen) atoms. The minimum absolute atomic E-state index is 0.0904. The molecule has 0 bridgehead atoms. The Morgan fingerprint density at radius 2 is 1.62 bits per heavy atom. The van der Waals surface area contributed by atoms with Crippen molar-refractivity contribution in [3.8, 4) is 0 Å². The number of nitrogens with one attached hydrogen (secondary N) is 1. The zero-order chi connectivity index (χ0) is 28.7. The average Bonchev–Trinajstić information content (AvgIpc) is 2.95. The third-order valence-electron chi connectivity index (χ3n) is 7.36. The molecule has 1 N–H and O–H groups in total. The molecule has 0 heterocycles. The van der Waals surface area contributed by atoms with E-state index >= 15 is 0 Å². The number of amides is 2. The van der Waals surface area contributed by atoms with Crippen LogP contribution in [0, 0.1) is 6.92 Å². The fourth-order valence-electron chi connectivity index (χ4n) is 5.06. The molecule has 2 amide bonds. The number of carbonyl (C=O) groups excluding carboxylic acids is 2. The summed E-state index contributed by atoms with van der Waals surface area (Å²) in [7, 11) is -4.08. The highest BCUT2D eigenvalue weighted by atomic mass is 79.9. The van der Waals surface area contributed by atoms with Crippen molar-refractivity contribution in [1.82, 2.24) is 10.2 Å². The van der Waals surface area contributed by atoms with E-state index in [1.807, 2.05) is 43.3 Å². The topological polar surface area (TPSA) is 86.8 Å². The molecule has 0 radical (unpaired) electrons. The zero-order valence-electron chi connectivity index (χ0n) is 22.9. The molecule has 1 atom stereocenters. The van der Waals surface area contributed by atoms with Gasteiger partial charge in [-0.1, -0.05) is 83.7 Å². The molecule has 1 saturated carbocycles. The van der Waals surface area contributed by atoms with Crippen molar-refractivity contribution in [2.24, 2.45) is 0 Å². The third kappa shape index (κ3) is 7.31. The van der Waals surface area contributed by atoms with E-state index in [4.69, 9.17) is 0 Å². The monoisotopic (exact) mass is 625 g/mol. The number of halogens is 1. The molecule has 7 nitrogen and oxygen atoms in total. The SMILES string of the molecule is Cc1ccccc1N(CC(=O)N(Cc1cccc(Br)c1)[C@H](C)C(=O)NC1CCCCC1)S(=O)(=O)c1ccccc1. The van der Waals surface area contributed by atoms with Crippen LogP contribution in [0.2, 0.25) is 0 Å². The summed E-state index contributed by atoms with van der Waals surface area (Å²) in [5.74, 6) is -0.697. The first-order chi connectivity index (χ1) is 19.2. The van der Waals surface area contributed by atoms with E-state index in [1.54, 1.807) is 37.3 Å². The number of rotatable bonds is 10. The lowest BCUT2D eigenvalue weighted by Gasteiger charge is -2.33. The van der Waals surface area contributed by atoms with Crippen LogP contribution in [-0.4, -0.2) is 43.8 Å². The Labute approximate surface area is 245 Å². The maximum atomic E-state index is 14.1. The van der Waals surface area contributed by atoms with Gasteiger partial charge in [0.15, 0.2) is 0 Å². The number of benzene rings is 3. The first-order valence-electron chi connectivity index (χ1n) is 13.6. The van der Waals surface area contributed by atoms with Crippen molar-refractivity contribution in [1.29, 1.82) is 0 Å². The summed E-state index contributed by atoms with van der Waals surface area (Å²) in [5, 5.41) is 3.13. The van der Waals surface area contributed by atoms with Gasteiger partial charge >= 0.3 is 0 Å². The van der Waals surface area contributed by atoms with E-state index in [2.05, 4.69) is 21.2 Å². The smallest absolute Gasteiger partial charge is 0.264 e. The molecule has 0 saturated heterocycles. The molecular weight excluding hydrogens is 590 g/mol. The van der Waals surface area contributed by atoms with E-state index < -0.39 is 28.5 Å². The van der Waals surface area contributed by atoms with Gasteiger partial charge in [0.1, 0.15) is 12.6 Å². The van der Waals surface area contributed by atoms with Crippen molar-refractivity contribution in [3.05, 3.63) is 94.5 Å². The van der Waals surface area contributed by atoms with Crippen molar-refractivity contribution in [2.75, 3.05) is 10.8 Å². The molecule has 1 aliphatic rings. The van der Waals surface area contributed by atoms with Crippen molar-refractivity contribution in [2.45, 2.75) is 69.5 Å². The number of anilines is 1. The van der Waals surface area contributed by atoms with Crippen LogP contribution in [0.25, 0.3) is 0 Å². The normalized spacial score (nSPS) is 14.8. The standard InChI is InChI=1S/C31H36BrN3O4S/c1-23-12-9-10-19-29(23)35(40(38,39)28-17-7-4-8-18-28)22-30(36)34(21-25-13-11-14-26(32)20-25)24(2)31(37)33-27-15-5-3-6-16-27/h4,7-14,17-20,24,27H,3,5-6,15-16,21-22H2,1-2H3,(H,33,37)/t24-/m1/s1. The van der Waals surface area contributed by atoms with Crippen molar-refractivity contribution >= 4 is 43.5 Å². The number of para-hydroxylation sites is 1. The predicted molar refractivity (Wildman–Crippen MR) is 161 cm³/mol. The second-order valence-corrected chi connectivity index (χ2v) is 13.1. The van der Waals surface area contributed by atoms with Gasteiger partial charge < -0.3 is 10.2 Å². The maximum absolute atomic E-state index is 14.1. The molecule has 0 spiro atoms. The van der Waals surface area contributed by atoms with Crippen LogP contribution in [0.4, 0.5) is 5.69 Å². The van der Waals surface area contributed by atoms with Crippen LogP contribution in [-0.2, 0) is 26.2 Å². The van der Waals surface area contributed by atoms with Gasteiger partial charge in [0.05, 0.1) is 10.6 Å². The number of hydrogen-bond acceptors (Lipinski definition) is 4. The van der Waals surface area contributed by atoms with Crippen LogP contribution in [0.5, 0.6) is 0 Å². The lowest BCUT2D eigenvalue weighted by Crippen LogP contribution is -2.53. The molecule has 9 heteroatoms. The minimum atomic E-state index is -4.08. The van der Waals surface area contributed by atoms with E-state index in [9.17, 15) is 18.0 Å². The molecule has 1 fully saturated rings. The molecule has 212 valence electrons. The highest BCUT2D eigenvalue weighted by molar-refractivity contribution is 9.10. The van der Waals surface area contributed by atoms with Crippen molar-refractivity contribution < 1.29 is 18.0 Å².